The Morgan fingerprint density at radius 1 is 1.00 bits per heavy atom. The molecule has 0 fully saturated rings. The van der Waals surface area contributed by atoms with Crippen molar-refractivity contribution in [3.63, 3.8) is 0 Å². The van der Waals surface area contributed by atoms with Crippen LogP contribution in [0.15, 0.2) is 69.3 Å². The lowest BCUT2D eigenvalue weighted by atomic mass is 10.2. The van der Waals surface area contributed by atoms with Crippen LogP contribution in [0.25, 0.3) is 10.8 Å². The highest BCUT2D eigenvalue weighted by Gasteiger charge is 2.29. The minimum atomic E-state index is -3.97. The van der Waals surface area contributed by atoms with Crippen molar-refractivity contribution in [3.05, 3.63) is 71.4 Å². The second-order valence-electron chi connectivity index (χ2n) is 7.13. The largest absolute Gasteiger partial charge is 0.486 e. The third kappa shape index (κ3) is 3.94. The number of hydrogen-bond acceptors (Lipinski definition) is 8. The van der Waals surface area contributed by atoms with Crippen LogP contribution in [0.1, 0.15) is 11.5 Å². The van der Waals surface area contributed by atoms with E-state index in [2.05, 4.69) is 10.2 Å². The van der Waals surface area contributed by atoms with Crippen LogP contribution >= 0.6 is 11.3 Å². The standard InChI is InChI=1S/C22H19N3O5S2/c1-15-4-6-16(7-5-15)25(14-21-23-24-22(30-21)20-3-2-12-31-20)32(26,27)17-8-9-18-19(13-17)29-11-10-28-18/h2-9,12-13H,10-11,14H2,1H3. The van der Waals surface area contributed by atoms with E-state index in [0.29, 0.717) is 36.3 Å². The summed E-state index contributed by atoms with van der Waals surface area (Å²) in [5.74, 6) is 1.47. The van der Waals surface area contributed by atoms with Gasteiger partial charge in [-0.25, -0.2) is 8.42 Å². The minimum Gasteiger partial charge on any atom is -0.486 e. The van der Waals surface area contributed by atoms with Crippen molar-refractivity contribution in [2.45, 2.75) is 18.4 Å². The number of fused-ring (bicyclic) bond motifs is 1. The summed E-state index contributed by atoms with van der Waals surface area (Å²) in [6.07, 6.45) is 0. The van der Waals surface area contributed by atoms with E-state index in [-0.39, 0.29) is 17.3 Å². The summed E-state index contributed by atoms with van der Waals surface area (Å²) in [6.45, 7) is 2.62. The molecule has 0 radical (unpaired) electrons. The minimum absolute atomic E-state index is 0.0836. The Hall–Kier alpha value is -3.37. The molecule has 0 saturated carbocycles. The molecule has 10 heteroatoms. The number of ether oxygens (including phenoxy) is 2. The highest BCUT2D eigenvalue weighted by atomic mass is 32.2. The van der Waals surface area contributed by atoms with Gasteiger partial charge in [0.2, 0.25) is 5.89 Å². The molecule has 0 N–H and O–H groups in total. The Bertz CT molecular complexity index is 1330. The average molecular weight is 470 g/mol. The monoisotopic (exact) mass is 469 g/mol. The van der Waals surface area contributed by atoms with Crippen molar-refractivity contribution < 1.29 is 22.3 Å². The maximum Gasteiger partial charge on any atom is 0.264 e. The number of nitrogens with zero attached hydrogens (tertiary/aromatic N) is 3. The predicted octanol–water partition coefficient (Wildman–Crippen LogP) is 4.27. The molecule has 0 saturated heterocycles. The predicted molar refractivity (Wildman–Crippen MR) is 120 cm³/mol. The molecule has 1 aliphatic heterocycles. The molecule has 0 bridgehead atoms. The Labute approximate surface area is 189 Å². The molecular formula is C22H19N3O5S2. The summed E-state index contributed by atoms with van der Waals surface area (Å²) < 4.78 is 45.5. The van der Waals surface area contributed by atoms with Gasteiger partial charge in [0.15, 0.2) is 11.5 Å². The van der Waals surface area contributed by atoms with Gasteiger partial charge in [-0.2, -0.15) is 0 Å². The molecule has 0 amide bonds. The fourth-order valence-corrected chi connectivity index (χ4v) is 5.35. The fraction of sp³-hybridized carbons (Fsp3) is 0.182. The second-order valence-corrected chi connectivity index (χ2v) is 9.94. The van der Waals surface area contributed by atoms with Gasteiger partial charge in [0, 0.05) is 6.07 Å². The van der Waals surface area contributed by atoms with Crippen LogP contribution in [0.5, 0.6) is 11.5 Å². The van der Waals surface area contributed by atoms with Gasteiger partial charge in [-0.15, -0.1) is 21.5 Å². The second kappa shape index (κ2) is 8.29. The van der Waals surface area contributed by atoms with Crippen LogP contribution in [0.3, 0.4) is 0 Å². The van der Waals surface area contributed by atoms with E-state index in [1.54, 1.807) is 18.2 Å². The molecule has 2 aromatic carbocycles. The first-order valence-corrected chi connectivity index (χ1v) is 12.2. The molecule has 164 valence electrons. The zero-order valence-electron chi connectivity index (χ0n) is 17.1. The molecule has 3 heterocycles. The van der Waals surface area contributed by atoms with Crippen molar-refractivity contribution in [3.8, 4) is 22.3 Å². The van der Waals surface area contributed by atoms with Crippen molar-refractivity contribution in [2.24, 2.45) is 0 Å². The van der Waals surface area contributed by atoms with Gasteiger partial charge in [-0.3, -0.25) is 4.31 Å². The van der Waals surface area contributed by atoms with Crippen molar-refractivity contribution in [2.75, 3.05) is 17.5 Å². The summed E-state index contributed by atoms with van der Waals surface area (Å²) in [5.41, 5.74) is 1.50. The maximum atomic E-state index is 13.7. The first-order chi connectivity index (χ1) is 15.5. The van der Waals surface area contributed by atoms with Crippen LogP contribution < -0.4 is 13.8 Å². The van der Waals surface area contributed by atoms with Gasteiger partial charge in [-0.05, 0) is 42.6 Å². The Morgan fingerprint density at radius 3 is 2.53 bits per heavy atom. The molecular weight excluding hydrogens is 450 g/mol. The molecule has 0 spiro atoms. The summed E-state index contributed by atoms with van der Waals surface area (Å²) in [6, 6.07) is 15.6. The van der Waals surface area contributed by atoms with Gasteiger partial charge in [0.05, 0.1) is 15.5 Å². The highest BCUT2D eigenvalue weighted by Crippen LogP contribution is 2.35. The van der Waals surface area contributed by atoms with E-state index >= 15 is 0 Å². The lowest BCUT2D eigenvalue weighted by Gasteiger charge is -2.24. The van der Waals surface area contributed by atoms with E-state index in [4.69, 9.17) is 13.9 Å². The Balaban J connectivity index is 1.53. The van der Waals surface area contributed by atoms with E-state index in [9.17, 15) is 8.42 Å². The van der Waals surface area contributed by atoms with Crippen molar-refractivity contribution in [1.82, 2.24) is 10.2 Å². The SMILES string of the molecule is Cc1ccc(N(Cc2nnc(-c3cccs3)o2)S(=O)(=O)c2ccc3c(c2)OCCO3)cc1. The average Bonchev–Trinajstić information content (AvgIpc) is 3.50. The van der Waals surface area contributed by atoms with Crippen LogP contribution in [-0.2, 0) is 16.6 Å². The van der Waals surface area contributed by atoms with Crippen LogP contribution in [0.4, 0.5) is 5.69 Å². The topological polar surface area (TPSA) is 94.8 Å². The van der Waals surface area contributed by atoms with Gasteiger partial charge in [-0.1, -0.05) is 23.8 Å². The van der Waals surface area contributed by atoms with Crippen molar-refractivity contribution in [1.29, 1.82) is 0 Å². The molecule has 2 aromatic heterocycles. The Morgan fingerprint density at radius 2 is 1.78 bits per heavy atom. The normalized spacial score (nSPS) is 13.2. The van der Waals surface area contributed by atoms with Gasteiger partial charge in [0.1, 0.15) is 19.8 Å². The first kappa shape index (κ1) is 20.5. The summed E-state index contributed by atoms with van der Waals surface area (Å²) >= 11 is 1.47. The number of rotatable bonds is 6. The fourth-order valence-electron chi connectivity index (χ4n) is 3.28. The molecule has 0 aliphatic carbocycles. The zero-order chi connectivity index (χ0) is 22.1. The summed E-state index contributed by atoms with van der Waals surface area (Å²) in [5, 5.41) is 10.0. The number of aromatic nitrogens is 2. The highest BCUT2D eigenvalue weighted by molar-refractivity contribution is 7.92. The number of sulfonamides is 1. The number of hydrogen-bond donors (Lipinski definition) is 0. The van der Waals surface area contributed by atoms with E-state index in [1.807, 2.05) is 36.6 Å². The van der Waals surface area contributed by atoms with E-state index in [0.717, 1.165) is 10.4 Å². The zero-order valence-corrected chi connectivity index (χ0v) is 18.7. The number of thiophene rings is 1. The van der Waals surface area contributed by atoms with Crippen LogP contribution in [0, 0.1) is 6.92 Å². The quantitative estimate of drug-likeness (QED) is 0.416. The molecule has 32 heavy (non-hydrogen) atoms. The molecule has 1 aliphatic rings. The van der Waals surface area contributed by atoms with Gasteiger partial charge < -0.3 is 13.9 Å². The summed E-state index contributed by atoms with van der Waals surface area (Å²) in [4.78, 5) is 0.903. The van der Waals surface area contributed by atoms with Gasteiger partial charge >= 0.3 is 0 Å². The van der Waals surface area contributed by atoms with Crippen LogP contribution in [-0.4, -0.2) is 31.8 Å². The third-order valence-electron chi connectivity index (χ3n) is 4.90. The van der Waals surface area contributed by atoms with Gasteiger partial charge in [0.25, 0.3) is 15.9 Å². The lowest BCUT2D eigenvalue weighted by molar-refractivity contribution is 0.171. The smallest absolute Gasteiger partial charge is 0.264 e. The lowest BCUT2D eigenvalue weighted by Crippen LogP contribution is -2.31. The molecule has 5 rings (SSSR count). The number of benzene rings is 2. The molecule has 8 nitrogen and oxygen atoms in total. The molecule has 4 aromatic rings. The number of aryl methyl sites for hydroxylation is 1. The van der Waals surface area contributed by atoms with Crippen molar-refractivity contribution >= 4 is 27.0 Å². The Kier molecular flexibility index (Phi) is 5.32. The van der Waals surface area contributed by atoms with Crippen LogP contribution in [0.2, 0.25) is 0 Å². The van der Waals surface area contributed by atoms with E-state index < -0.39 is 10.0 Å². The molecule has 0 unspecified atom stereocenters. The number of anilines is 1. The molecule has 0 atom stereocenters. The third-order valence-corrected chi connectivity index (χ3v) is 7.53. The summed E-state index contributed by atoms with van der Waals surface area (Å²) in [7, 11) is -3.97. The first-order valence-electron chi connectivity index (χ1n) is 9.86. The van der Waals surface area contributed by atoms with E-state index in [1.165, 1.54) is 27.8 Å². The maximum absolute atomic E-state index is 13.7.